The van der Waals surface area contributed by atoms with Crippen molar-refractivity contribution in [1.82, 2.24) is 9.21 Å². The SMILES string of the molecule is COc1ccc(OC)c(S(=O)(=O)N2CCC[C@@H](C(=O)N3CCC(C)CC3)C2)c1. The van der Waals surface area contributed by atoms with Crippen LogP contribution in [-0.2, 0) is 14.8 Å². The Morgan fingerprint density at radius 2 is 1.79 bits per heavy atom. The summed E-state index contributed by atoms with van der Waals surface area (Å²) in [4.78, 5) is 14.9. The fraction of sp³-hybridized carbons (Fsp3) is 0.650. The van der Waals surface area contributed by atoms with E-state index in [-0.39, 0.29) is 29.0 Å². The zero-order valence-electron chi connectivity index (χ0n) is 16.9. The van der Waals surface area contributed by atoms with Crippen molar-refractivity contribution < 1.29 is 22.7 Å². The van der Waals surface area contributed by atoms with Crippen LogP contribution in [0.5, 0.6) is 11.5 Å². The van der Waals surface area contributed by atoms with Crippen LogP contribution in [-0.4, -0.2) is 63.9 Å². The monoisotopic (exact) mass is 410 g/mol. The quantitative estimate of drug-likeness (QED) is 0.745. The van der Waals surface area contributed by atoms with Gasteiger partial charge in [-0.1, -0.05) is 6.92 Å². The predicted molar refractivity (Wildman–Crippen MR) is 106 cm³/mol. The largest absolute Gasteiger partial charge is 0.497 e. The normalized spacial score (nSPS) is 22.1. The zero-order valence-corrected chi connectivity index (χ0v) is 17.7. The lowest BCUT2D eigenvalue weighted by Gasteiger charge is -2.37. The molecule has 0 saturated carbocycles. The van der Waals surface area contributed by atoms with Gasteiger partial charge in [-0.25, -0.2) is 8.42 Å². The second-order valence-corrected chi connectivity index (χ2v) is 9.63. The smallest absolute Gasteiger partial charge is 0.246 e. The number of amides is 1. The van der Waals surface area contributed by atoms with Crippen LogP contribution in [0.2, 0.25) is 0 Å². The molecule has 1 amide bonds. The van der Waals surface area contributed by atoms with E-state index in [1.165, 1.54) is 24.6 Å². The van der Waals surface area contributed by atoms with E-state index in [1.807, 2.05) is 4.90 Å². The molecular weight excluding hydrogens is 380 g/mol. The van der Waals surface area contributed by atoms with E-state index in [2.05, 4.69) is 6.92 Å². The number of carbonyl (C=O) groups excluding carboxylic acids is 1. The summed E-state index contributed by atoms with van der Waals surface area (Å²) >= 11 is 0. The van der Waals surface area contributed by atoms with Gasteiger partial charge in [0, 0.05) is 32.2 Å². The molecule has 0 N–H and O–H groups in total. The maximum Gasteiger partial charge on any atom is 0.246 e. The van der Waals surface area contributed by atoms with E-state index in [9.17, 15) is 13.2 Å². The number of carbonyl (C=O) groups is 1. The van der Waals surface area contributed by atoms with Crippen molar-refractivity contribution in [2.45, 2.75) is 37.5 Å². The molecule has 156 valence electrons. The summed E-state index contributed by atoms with van der Waals surface area (Å²) < 4.78 is 38.4. The van der Waals surface area contributed by atoms with Gasteiger partial charge in [-0.3, -0.25) is 4.79 Å². The van der Waals surface area contributed by atoms with Gasteiger partial charge in [0.1, 0.15) is 16.4 Å². The number of ether oxygens (including phenoxy) is 2. The van der Waals surface area contributed by atoms with Gasteiger partial charge in [-0.15, -0.1) is 0 Å². The minimum atomic E-state index is -3.79. The molecule has 8 heteroatoms. The van der Waals surface area contributed by atoms with Crippen LogP contribution in [0.15, 0.2) is 23.1 Å². The third kappa shape index (κ3) is 4.27. The van der Waals surface area contributed by atoms with Crippen LogP contribution in [0.3, 0.4) is 0 Å². The van der Waals surface area contributed by atoms with Gasteiger partial charge in [0.2, 0.25) is 15.9 Å². The summed E-state index contributed by atoms with van der Waals surface area (Å²) in [5.74, 6) is 1.18. The minimum Gasteiger partial charge on any atom is -0.497 e. The molecule has 2 heterocycles. The Morgan fingerprint density at radius 1 is 1.07 bits per heavy atom. The van der Waals surface area contributed by atoms with Gasteiger partial charge >= 0.3 is 0 Å². The summed E-state index contributed by atoms with van der Waals surface area (Å²) in [5, 5.41) is 0. The maximum atomic E-state index is 13.3. The Balaban J connectivity index is 1.79. The first-order valence-electron chi connectivity index (χ1n) is 9.87. The van der Waals surface area contributed by atoms with Crippen molar-refractivity contribution in [3.05, 3.63) is 18.2 Å². The van der Waals surface area contributed by atoms with Crippen LogP contribution in [0.4, 0.5) is 0 Å². The number of benzene rings is 1. The molecule has 0 aliphatic carbocycles. The van der Waals surface area contributed by atoms with E-state index >= 15 is 0 Å². The van der Waals surface area contributed by atoms with Gasteiger partial charge < -0.3 is 14.4 Å². The Hall–Kier alpha value is -1.80. The molecule has 0 aromatic heterocycles. The molecule has 0 unspecified atom stereocenters. The average molecular weight is 411 g/mol. The van der Waals surface area contributed by atoms with Crippen molar-refractivity contribution in [3.8, 4) is 11.5 Å². The molecule has 2 aliphatic heterocycles. The summed E-state index contributed by atoms with van der Waals surface area (Å²) in [6.07, 6.45) is 3.43. The first-order valence-corrected chi connectivity index (χ1v) is 11.3. The molecule has 28 heavy (non-hydrogen) atoms. The zero-order chi connectivity index (χ0) is 20.3. The molecular formula is C20H30N2O5S. The fourth-order valence-corrected chi connectivity index (χ4v) is 5.67. The van der Waals surface area contributed by atoms with E-state index in [4.69, 9.17) is 9.47 Å². The fourth-order valence-electron chi connectivity index (χ4n) is 3.97. The molecule has 7 nitrogen and oxygen atoms in total. The Kier molecular flexibility index (Phi) is 6.50. The van der Waals surface area contributed by atoms with Crippen molar-refractivity contribution in [3.63, 3.8) is 0 Å². The molecule has 1 aromatic carbocycles. The number of hydrogen-bond acceptors (Lipinski definition) is 5. The molecule has 3 rings (SSSR count). The number of nitrogens with zero attached hydrogens (tertiary/aromatic N) is 2. The Morgan fingerprint density at radius 3 is 2.43 bits per heavy atom. The Bertz CT molecular complexity index is 803. The van der Waals surface area contributed by atoms with Crippen LogP contribution >= 0.6 is 0 Å². The third-order valence-electron chi connectivity index (χ3n) is 5.82. The molecule has 0 radical (unpaired) electrons. The standard InChI is InChI=1S/C20H30N2O5S/c1-15-8-11-21(12-9-15)20(23)16-5-4-10-22(14-16)28(24,25)19-13-17(26-2)6-7-18(19)27-3/h6-7,13,15-16H,4-5,8-12,14H2,1-3H3/t16-/m1/s1. The predicted octanol–water partition coefficient (Wildman–Crippen LogP) is 2.36. The minimum absolute atomic E-state index is 0.0780. The topological polar surface area (TPSA) is 76.1 Å². The van der Waals surface area contributed by atoms with Gasteiger partial charge in [0.15, 0.2) is 0 Å². The lowest BCUT2D eigenvalue weighted by atomic mass is 9.94. The van der Waals surface area contributed by atoms with Crippen molar-refractivity contribution in [2.24, 2.45) is 11.8 Å². The maximum absolute atomic E-state index is 13.3. The number of piperidine rings is 2. The summed E-state index contributed by atoms with van der Waals surface area (Å²) in [6.45, 7) is 4.37. The number of hydrogen-bond donors (Lipinski definition) is 0. The third-order valence-corrected chi connectivity index (χ3v) is 7.70. The van der Waals surface area contributed by atoms with Gasteiger partial charge in [0.25, 0.3) is 0 Å². The molecule has 2 aliphatic rings. The van der Waals surface area contributed by atoms with Crippen molar-refractivity contribution >= 4 is 15.9 Å². The number of sulfonamides is 1. The van der Waals surface area contributed by atoms with Crippen molar-refractivity contribution in [2.75, 3.05) is 40.4 Å². The van der Waals surface area contributed by atoms with Gasteiger partial charge in [-0.05, 0) is 43.7 Å². The lowest BCUT2D eigenvalue weighted by Crippen LogP contribution is -2.48. The van der Waals surface area contributed by atoms with Crippen LogP contribution < -0.4 is 9.47 Å². The summed E-state index contributed by atoms with van der Waals surface area (Å²) in [7, 11) is -0.847. The second kappa shape index (κ2) is 8.69. The second-order valence-electron chi connectivity index (χ2n) is 7.73. The highest BCUT2D eigenvalue weighted by molar-refractivity contribution is 7.89. The summed E-state index contributed by atoms with van der Waals surface area (Å²) in [6, 6.07) is 4.73. The van der Waals surface area contributed by atoms with Crippen LogP contribution in [0.1, 0.15) is 32.6 Å². The van der Waals surface area contributed by atoms with Crippen LogP contribution in [0, 0.1) is 11.8 Å². The molecule has 2 saturated heterocycles. The molecule has 1 aromatic rings. The molecule has 0 spiro atoms. The summed E-state index contributed by atoms with van der Waals surface area (Å²) in [5.41, 5.74) is 0. The first kappa shape index (κ1) is 20.9. The van der Waals surface area contributed by atoms with Gasteiger partial charge in [0.05, 0.1) is 20.1 Å². The molecule has 0 bridgehead atoms. The molecule has 2 fully saturated rings. The van der Waals surface area contributed by atoms with E-state index in [1.54, 1.807) is 12.1 Å². The first-order chi connectivity index (χ1) is 13.4. The number of likely N-dealkylation sites (tertiary alicyclic amines) is 1. The van der Waals surface area contributed by atoms with E-state index < -0.39 is 10.0 Å². The lowest BCUT2D eigenvalue weighted by molar-refractivity contribution is -0.138. The number of rotatable bonds is 5. The average Bonchev–Trinajstić information content (AvgIpc) is 2.73. The highest BCUT2D eigenvalue weighted by Crippen LogP contribution is 2.33. The van der Waals surface area contributed by atoms with Crippen LogP contribution in [0.25, 0.3) is 0 Å². The molecule has 1 atom stereocenters. The highest BCUT2D eigenvalue weighted by atomic mass is 32.2. The van der Waals surface area contributed by atoms with Crippen molar-refractivity contribution in [1.29, 1.82) is 0 Å². The number of methoxy groups -OCH3 is 2. The van der Waals surface area contributed by atoms with E-state index in [0.717, 1.165) is 32.4 Å². The highest BCUT2D eigenvalue weighted by Gasteiger charge is 2.37. The van der Waals surface area contributed by atoms with Gasteiger partial charge in [-0.2, -0.15) is 4.31 Å². The van der Waals surface area contributed by atoms with E-state index in [0.29, 0.717) is 24.6 Å². The Labute approximate surface area is 167 Å².